The summed E-state index contributed by atoms with van der Waals surface area (Å²) in [5.41, 5.74) is 4.47. The fourth-order valence-electron chi connectivity index (χ4n) is 3.79. The lowest BCUT2D eigenvalue weighted by Crippen LogP contribution is -2.30. The predicted molar refractivity (Wildman–Crippen MR) is 136 cm³/mol. The van der Waals surface area contributed by atoms with Gasteiger partial charge < -0.3 is 5.32 Å². The SMILES string of the molecule is CC(C)NS(=O)(=O)c1cccc(C(=O)NCc2ccccc2-c2ccc(Cn3cccn3)cc2)c1. The van der Waals surface area contributed by atoms with Crippen molar-refractivity contribution in [3.8, 4) is 11.1 Å². The molecule has 8 heteroatoms. The first kappa shape index (κ1) is 24.4. The first-order chi connectivity index (χ1) is 16.8. The van der Waals surface area contributed by atoms with E-state index in [0.29, 0.717) is 13.1 Å². The van der Waals surface area contributed by atoms with E-state index in [1.165, 1.54) is 12.1 Å². The highest BCUT2D eigenvalue weighted by Gasteiger charge is 2.17. The predicted octanol–water partition coefficient (Wildman–Crippen LogP) is 4.22. The number of carbonyl (C=O) groups excluding carboxylic acids is 1. The number of hydrogen-bond acceptors (Lipinski definition) is 4. The number of benzene rings is 3. The minimum absolute atomic E-state index is 0.0643. The third-order valence-electron chi connectivity index (χ3n) is 5.42. The van der Waals surface area contributed by atoms with Crippen molar-refractivity contribution in [1.29, 1.82) is 0 Å². The molecule has 7 nitrogen and oxygen atoms in total. The lowest BCUT2D eigenvalue weighted by Gasteiger charge is -2.13. The van der Waals surface area contributed by atoms with Crippen LogP contribution in [0.25, 0.3) is 11.1 Å². The van der Waals surface area contributed by atoms with Crippen molar-refractivity contribution in [1.82, 2.24) is 19.8 Å². The zero-order valence-electron chi connectivity index (χ0n) is 19.7. The standard InChI is InChI=1S/C27H28N4O3S/c1-20(2)30-35(33,34)25-9-5-8-23(17-25)27(32)28-18-24-7-3-4-10-26(24)22-13-11-21(12-14-22)19-31-16-6-15-29-31/h3-17,20,30H,18-19H2,1-2H3,(H,28,32). The van der Waals surface area contributed by atoms with E-state index in [1.54, 1.807) is 32.2 Å². The minimum atomic E-state index is -3.68. The molecule has 35 heavy (non-hydrogen) atoms. The van der Waals surface area contributed by atoms with Crippen LogP contribution in [0, 0.1) is 0 Å². The molecule has 3 aromatic carbocycles. The number of rotatable bonds is 9. The Kier molecular flexibility index (Phi) is 7.43. The molecule has 0 saturated heterocycles. The van der Waals surface area contributed by atoms with Gasteiger partial charge in [-0.05, 0) is 60.4 Å². The Hall–Kier alpha value is -3.75. The Morgan fingerprint density at radius 1 is 0.971 bits per heavy atom. The number of hydrogen-bond donors (Lipinski definition) is 2. The minimum Gasteiger partial charge on any atom is -0.348 e. The zero-order chi connectivity index (χ0) is 24.8. The van der Waals surface area contributed by atoms with Crippen LogP contribution < -0.4 is 10.0 Å². The molecule has 0 aliphatic heterocycles. The Labute approximate surface area is 205 Å². The highest BCUT2D eigenvalue weighted by Crippen LogP contribution is 2.24. The quantitative estimate of drug-likeness (QED) is 0.369. The molecule has 4 rings (SSSR count). The van der Waals surface area contributed by atoms with E-state index < -0.39 is 10.0 Å². The highest BCUT2D eigenvalue weighted by atomic mass is 32.2. The van der Waals surface area contributed by atoms with E-state index in [0.717, 1.165) is 22.3 Å². The van der Waals surface area contributed by atoms with Crippen LogP contribution in [0.3, 0.4) is 0 Å². The molecule has 0 atom stereocenters. The summed E-state index contributed by atoms with van der Waals surface area (Å²) < 4.78 is 29.3. The molecule has 0 unspecified atom stereocenters. The van der Waals surface area contributed by atoms with Crippen molar-refractivity contribution in [3.63, 3.8) is 0 Å². The maximum Gasteiger partial charge on any atom is 0.251 e. The van der Waals surface area contributed by atoms with Crippen LogP contribution in [0.15, 0.2) is 96.2 Å². The molecule has 1 aromatic heterocycles. The summed E-state index contributed by atoms with van der Waals surface area (Å²) in [5, 5.41) is 7.16. The largest absolute Gasteiger partial charge is 0.348 e. The summed E-state index contributed by atoms with van der Waals surface area (Å²) in [6.45, 7) is 4.51. The number of aromatic nitrogens is 2. The molecule has 0 bridgehead atoms. The topological polar surface area (TPSA) is 93.1 Å². The maximum absolute atomic E-state index is 12.8. The maximum atomic E-state index is 12.8. The average molecular weight is 489 g/mol. The van der Waals surface area contributed by atoms with Crippen molar-refractivity contribution in [2.45, 2.75) is 37.9 Å². The number of amides is 1. The Balaban J connectivity index is 1.47. The van der Waals surface area contributed by atoms with Gasteiger partial charge in [-0.2, -0.15) is 5.10 Å². The van der Waals surface area contributed by atoms with Gasteiger partial charge >= 0.3 is 0 Å². The molecule has 0 aliphatic carbocycles. The van der Waals surface area contributed by atoms with Crippen LogP contribution >= 0.6 is 0 Å². The van der Waals surface area contributed by atoms with Gasteiger partial charge in [-0.1, -0.05) is 54.6 Å². The summed E-state index contributed by atoms with van der Waals surface area (Å²) in [6.07, 6.45) is 3.69. The second-order valence-corrected chi connectivity index (χ2v) is 10.3. The van der Waals surface area contributed by atoms with E-state index in [1.807, 2.05) is 41.2 Å². The molecular formula is C27H28N4O3S. The summed E-state index contributed by atoms with van der Waals surface area (Å²) in [4.78, 5) is 12.9. The average Bonchev–Trinajstić information content (AvgIpc) is 3.36. The lowest BCUT2D eigenvalue weighted by atomic mass is 9.98. The highest BCUT2D eigenvalue weighted by molar-refractivity contribution is 7.89. The summed E-state index contributed by atoms with van der Waals surface area (Å²) in [6, 6.07) is 23.9. The van der Waals surface area contributed by atoms with Gasteiger partial charge in [0.25, 0.3) is 5.91 Å². The van der Waals surface area contributed by atoms with E-state index >= 15 is 0 Å². The normalized spacial score (nSPS) is 11.5. The molecule has 180 valence electrons. The third kappa shape index (κ3) is 6.23. The van der Waals surface area contributed by atoms with Gasteiger partial charge in [0.2, 0.25) is 10.0 Å². The monoisotopic (exact) mass is 488 g/mol. The Bertz CT molecular complexity index is 1400. The summed E-state index contributed by atoms with van der Waals surface area (Å²) >= 11 is 0. The van der Waals surface area contributed by atoms with E-state index in [9.17, 15) is 13.2 Å². The molecular weight excluding hydrogens is 460 g/mol. The molecule has 4 aromatic rings. The van der Waals surface area contributed by atoms with Gasteiger partial charge in [-0.3, -0.25) is 9.48 Å². The molecule has 0 aliphatic rings. The van der Waals surface area contributed by atoms with Crippen molar-refractivity contribution < 1.29 is 13.2 Å². The van der Waals surface area contributed by atoms with Crippen LogP contribution in [0.2, 0.25) is 0 Å². The van der Waals surface area contributed by atoms with Crippen LogP contribution in [0.1, 0.15) is 35.3 Å². The smallest absolute Gasteiger partial charge is 0.251 e. The second kappa shape index (κ2) is 10.7. The fraction of sp³-hybridized carbons (Fsp3) is 0.185. The fourth-order valence-corrected chi connectivity index (χ4v) is 5.08. The van der Waals surface area contributed by atoms with Crippen LogP contribution in [-0.2, 0) is 23.1 Å². The van der Waals surface area contributed by atoms with Gasteiger partial charge in [0.15, 0.2) is 0 Å². The van der Waals surface area contributed by atoms with E-state index in [-0.39, 0.29) is 22.4 Å². The van der Waals surface area contributed by atoms with Gasteiger partial charge in [0.05, 0.1) is 11.4 Å². The molecule has 0 saturated carbocycles. The first-order valence-electron chi connectivity index (χ1n) is 11.4. The number of sulfonamides is 1. The van der Waals surface area contributed by atoms with Crippen LogP contribution in [0.4, 0.5) is 0 Å². The van der Waals surface area contributed by atoms with Gasteiger partial charge in [0, 0.05) is 30.5 Å². The number of nitrogens with one attached hydrogen (secondary N) is 2. The van der Waals surface area contributed by atoms with Gasteiger partial charge in [-0.15, -0.1) is 0 Å². The van der Waals surface area contributed by atoms with Crippen LogP contribution in [-0.4, -0.2) is 30.1 Å². The Morgan fingerprint density at radius 3 is 2.46 bits per heavy atom. The summed E-state index contributed by atoms with van der Waals surface area (Å²) in [7, 11) is -3.68. The molecule has 2 N–H and O–H groups in total. The first-order valence-corrected chi connectivity index (χ1v) is 12.9. The van der Waals surface area contributed by atoms with E-state index in [2.05, 4.69) is 39.4 Å². The zero-order valence-corrected chi connectivity index (χ0v) is 20.5. The van der Waals surface area contributed by atoms with Crippen LogP contribution in [0.5, 0.6) is 0 Å². The van der Waals surface area contributed by atoms with Gasteiger partial charge in [-0.25, -0.2) is 13.1 Å². The molecule has 1 amide bonds. The van der Waals surface area contributed by atoms with Crippen molar-refractivity contribution in [3.05, 3.63) is 108 Å². The van der Waals surface area contributed by atoms with E-state index in [4.69, 9.17) is 0 Å². The lowest BCUT2D eigenvalue weighted by molar-refractivity contribution is 0.0950. The van der Waals surface area contributed by atoms with Gasteiger partial charge in [0.1, 0.15) is 0 Å². The van der Waals surface area contributed by atoms with Crippen molar-refractivity contribution in [2.24, 2.45) is 0 Å². The molecule has 0 radical (unpaired) electrons. The number of nitrogens with zero attached hydrogens (tertiary/aromatic N) is 2. The molecule has 1 heterocycles. The molecule has 0 fully saturated rings. The van der Waals surface area contributed by atoms with Crippen molar-refractivity contribution >= 4 is 15.9 Å². The van der Waals surface area contributed by atoms with Crippen molar-refractivity contribution in [2.75, 3.05) is 0 Å². The number of carbonyl (C=O) groups is 1. The molecule has 0 spiro atoms. The second-order valence-electron chi connectivity index (χ2n) is 8.54. The summed E-state index contributed by atoms with van der Waals surface area (Å²) in [5.74, 6) is -0.337. The third-order valence-corrected chi connectivity index (χ3v) is 7.08. The Morgan fingerprint density at radius 2 is 1.74 bits per heavy atom.